The fourth-order valence-corrected chi connectivity index (χ4v) is 5.88. The minimum absolute atomic E-state index is 0.108. The van der Waals surface area contributed by atoms with Gasteiger partial charge in [0.2, 0.25) is 9.84 Å². The average Bonchev–Trinajstić information content (AvgIpc) is 2.70. The fourth-order valence-electron chi connectivity index (χ4n) is 2.19. The lowest BCUT2D eigenvalue weighted by molar-refractivity contribution is -0.140. The molecule has 1 aromatic rings. The molecule has 4 nitrogen and oxygen atoms in total. The zero-order valence-corrected chi connectivity index (χ0v) is 10.4. The van der Waals surface area contributed by atoms with Crippen LogP contribution in [-0.4, -0.2) is 24.2 Å². The summed E-state index contributed by atoms with van der Waals surface area (Å²) in [6.45, 7) is 1.80. The van der Waals surface area contributed by atoms with Gasteiger partial charge >= 0.3 is 5.97 Å². The average molecular weight is 260 g/mol. The molecule has 88 valence electrons. The first-order chi connectivity index (χ1) is 7.45. The van der Waals surface area contributed by atoms with Crippen LogP contribution in [0.5, 0.6) is 0 Å². The Labute approximate surface area is 97.8 Å². The van der Waals surface area contributed by atoms with Gasteiger partial charge in [0, 0.05) is 6.42 Å². The molecule has 0 saturated carbocycles. The first kappa shape index (κ1) is 11.6. The smallest absolute Gasteiger partial charge is 0.325 e. The maximum atomic E-state index is 12.2. The molecule has 0 fully saturated rings. The Kier molecular flexibility index (Phi) is 2.58. The van der Waals surface area contributed by atoms with Crippen molar-refractivity contribution in [2.45, 2.75) is 35.1 Å². The topological polar surface area (TPSA) is 71.4 Å². The number of hydrogen-bond acceptors (Lipinski definition) is 4. The number of sulfone groups is 1. The van der Waals surface area contributed by atoms with E-state index in [1.54, 1.807) is 18.4 Å². The molecular weight excluding hydrogens is 248 g/mol. The minimum Gasteiger partial charge on any atom is -0.480 e. The predicted molar refractivity (Wildman–Crippen MR) is 60.5 cm³/mol. The highest BCUT2D eigenvalue weighted by Gasteiger charge is 2.57. The van der Waals surface area contributed by atoms with Crippen LogP contribution in [0.15, 0.2) is 15.7 Å². The van der Waals surface area contributed by atoms with Gasteiger partial charge < -0.3 is 5.11 Å². The van der Waals surface area contributed by atoms with Crippen molar-refractivity contribution in [3.05, 3.63) is 17.0 Å². The summed E-state index contributed by atoms with van der Waals surface area (Å²) < 4.78 is 23.1. The number of carbonyl (C=O) groups is 1. The van der Waals surface area contributed by atoms with Gasteiger partial charge in [-0.05, 0) is 23.4 Å². The van der Waals surface area contributed by atoms with Crippen molar-refractivity contribution in [3.63, 3.8) is 0 Å². The van der Waals surface area contributed by atoms with E-state index in [2.05, 4.69) is 0 Å². The van der Waals surface area contributed by atoms with Crippen molar-refractivity contribution in [2.75, 3.05) is 0 Å². The van der Waals surface area contributed by atoms with E-state index in [0.29, 0.717) is 12.0 Å². The molecule has 0 spiro atoms. The maximum absolute atomic E-state index is 12.2. The molecule has 0 aliphatic carbocycles. The van der Waals surface area contributed by atoms with E-state index in [1.165, 1.54) is 0 Å². The Hall–Kier alpha value is -0.880. The highest BCUT2D eigenvalue weighted by Crippen LogP contribution is 2.44. The summed E-state index contributed by atoms with van der Waals surface area (Å²) >= 11 is 1.11. The Morgan fingerprint density at radius 3 is 2.81 bits per heavy atom. The molecule has 2 heterocycles. The molecule has 0 aromatic carbocycles. The van der Waals surface area contributed by atoms with E-state index in [9.17, 15) is 18.3 Å². The van der Waals surface area contributed by atoms with Crippen LogP contribution in [0.4, 0.5) is 0 Å². The van der Waals surface area contributed by atoms with Crippen molar-refractivity contribution in [1.82, 2.24) is 0 Å². The van der Waals surface area contributed by atoms with Gasteiger partial charge in [-0.25, -0.2) is 8.42 Å². The lowest BCUT2D eigenvalue weighted by atomic mass is 9.96. The van der Waals surface area contributed by atoms with Crippen molar-refractivity contribution in [1.29, 1.82) is 0 Å². The minimum atomic E-state index is -3.71. The molecule has 1 unspecified atom stereocenters. The molecule has 16 heavy (non-hydrogen) atoms. The zero-order chi connectivity index (χ0) is 12.0. The molecule has 1 aliphatic rings. The Balaban J connectivity index is 2.62. The fraction of sp³-hybridized carbons (Fsp3) is 0.500. The highest BCUT2D eigenvalue weighted by molar-refractivity contribution is 7.95. The molecule has 1 atom stereocenters. The maximum Gasteiger partial charge on any atom is 0.325 e. The number of carboxylic acid groups (broad SMARTS) is 1. The number of aliphatic carboxylic acids is 1. The quantitative estimate of drug-likeness (QED) is 0.898. The van der Waals surface area contributed by atoms with E-state index in [-0.39, 0.29) is 17.1 Å². The van der Waals surface area contributed by atoms with Gasteiger partial charge in [0.05, 0.1) is 0 Å². The molecule has 1 aromatic heterocycles. The van der Waals surface area contributed by atoms with Crippen LogP contribution >= 0.6 is 11.3 Å². The number of thiophene rings is 1. The van der Waals surface area contributed by atoms with Gasteiger partial charge in [-0.1, -0.05) is 13.3 Å². The van der Waals surface area contributed by atoms with E-state index in [0.717, 1.165) is 11.3 Å². The van der Waals surface area contributed by atoms with Crippen LogP contribution in [0.2, 0.25) is 0 Å². The molecule has 1 aliphatic heterocycles. The van der Waals surface area contributed by atoms with Crippen molar-refractivity contribution in [2.24, 2.45) is 0 Å². The largest absolute Gasteiger partial charge is 0.480 e. The number of hydrogen-bond donors (Lipinski definition) is 1. The summed E-state index contributed by atoms with van der Waals surface area (Å²) in [7, 11) is -3.71. The monoisotopic (exact) mass is 260 g/mol. The third kappa shape index (κ3) is 1.26. The van der Waals surface area contributed by atoms with Gasteiger partial charge in [-0.15, -0.1) is 11.3 Å². The third-order valence-electron chi connectivity index (χ3n) is 2.98. The second kappa shape index (κ2) is 3.56. The summed E-state index contributed by atoms with van der Waals surface area (Å²) in [6, 6.07) is 1.71. The number of rotatable bonds is 3. The third-order valence-corrected chi connectivity index (χ3v) is 6.98. The van der Waals surface area contributed by atoms with Gasteiger partial charge in [-0.2, -0.15) is 0 Å². The van der Waals surface area contributed by atoms with Crippen LogP contribution in [0, 0.1) is 0 Å². The van der Waals surface area contributed by atoms with E-state index in [4.69, 9.17) is 0 Å². The lowest BCUT2D eigenvalue weighted by Gasteiger charge is -2.22. The van der Waals surface area contributed by atoms with E-state index < -0.39 is 20.6 Å². The summed E-state index contributed by atoms with van der Waals surface area (Å²) in [5, 5.41) is 10.9. The van der Waals surface area contributed by atoms with Gasteiger partial charge in [0.1, 0.15) is 4.21 Å². The Bertz CT molecular complexity index is 529. The second-order valence-electron chi connectivity index (χ2n) is 3.96. The number of carboxylic acids is 1. The summed E-state index contributed by atoms with van der Waals surface area (Å²) in [5.74, 6) is -1.22. The predicted octanol–water partition coefficient (Wildman–Crippen LogP) is 1.70. The molecule has 0 radical (unpaired) electrons. The van der Waals surface area contributed by atoms with Crippen LogP contribution in [-0.2, 0) is 21.1 Å². The Morgan fingerprint density at radius 1 is 1.62 bits per heavy atom. The lowest BCUT2D eigenvalue weighted by Crippen LogP contribution is -2.44. The highest BCUT2D eigenvalue weighted by atomic mass is 32.2. The van der Waals surface area contributed by atoms with Gasteiger partial charge in [-0.3, -0.25) is 4.79 Å². The Morgan fingerprint density at radius 2 is 2.31 bits per heavy atom. The zero-order valence-electron chi connectivity index (χ0n) is 8.76. The van der Waals surface area contributed by atoms with Crippen LogP contribution < -0.4 is 0 Å². The number of fused-ring (bicyclic) bond motifs is 1. The molecule has 1 N–H and O–H groups in total. The standard InChI is InChI=1S/C10H12O4S2/c1-2-4-10(9(11)12)6-7-3-5-15-8(7)16(10,13)14/h3,5H,2,4,6H2,1H3,(H,11,12). The molecule has 2 rings (SSSR count). The van der Waals surface area contributed by atoms with Crippen molar-refractivity contribution < 1.29 is 18.3 Å². The molecule has 0 amide bonds. The SMILES string of the molecule is CCCC1(C(=O)O)Cc2ccsc2S1(=O)=O. The van der Waals surface area contributed by atoms with Crippen molar-refractivity contribution in [3.8, 4) is 0 Å². The summed E-state index contributed by atoms with van der Waals surface area (Å²) in [6.07, 6.45) is 0.823. The first-order valence-electron chi connectivity index (χ1n) is 5.00. The van der Waals surface area contributed by atoms with Crippen LogP contribution in [0.25, 0.3) is 0 Å². The summed E-state index contributed by atoms with van der Waals surface area (Å²) in [4.78, 5) is 11.3. The van der Waals surface area contributed by atoms with E-state index in [1.807, 2.05) is 0 Å². The molecule has 0 bridgehead atoms. The van der Waals surface area contributed by atoms with Crippen LogP contribution in [0.1, 0.15) is 25.3 Å². The van der Waals surface area contributed by atoms with Gasteiger partial charge in [0.25, 0.3) is 0 Å². The van der Waals surface area contributed by atoms with Crippen molar-refractivity contribution >= 4 is 27.1 Å². The van der Waals surface area contributed by atoms with Crippen LogP contribution in [0.3, 0.4) is 0 Å². The first-order valence-corrected chi connectivity index (χ1v) is 7.36. The molecule has 6 heteroatoms. The second-order valence-corrected chi connectivity index (χ2v) is 7.33. The summed E-state index contributed by atoms with van der Waals surface area (Å²) in [5.41, 5.74) is 0.654. The van der Waals surface area contributed by atoms with Gasteiger partial charge in [0.15, 0.2) is 4.75 Å². The molecular formula is C10H12O4S2. The normalized spacial score (nSPS) is 26.6. The van der Waals surface area contributed by atoms with E-state index >= 15 is 0 Å². The molecule has 0 saturated heterocycles.